The summed E-state index contributed by atoms with van der Waals surface area (Å²) in [4.78, 5) is 15.2. The van der Waals surface area contributed by atoms with Gasteiger partial charge in [0.25, 0.3) is 0 Å². The van der Waals surface area contributed by atoms with E-state index in [1.807, 2.05) is 12.3 Å². The van der Waals surface area contributed by atoms with Gasteiger partial charge in [0.05, 0.1) is 33.5 Å². The van der Waals surface area contributed by atoms with Crippen molar-refractivity contribution in [2.24, 2.45) is 0 Å². The van der Waals surface area contributed by atoms with Crippen molar-refractivity contribution >= 4 is 21.8 Å². The van der Waals surface area contributed by atoms with E-state index in [1.54, 1.807) is 0 Å². The van der Waals surface area contributed by atoms with Gasteiger partial charge in [-0.1, -0.05) is 84.9 Å². The lowest BCUT2D eigenvalue weighted by Gasteiger charge is -2.20. The molecule has 0 aliphatic heterocycles. The first-order valence-electron chi connectivity index (χ1n) is 13.6. The van der Waals surface area contributed by atoms with Crippen LogP contribution >= 0.6 is 0 Å². The summed E-state index contributed by atoms with van der Waals surface area (Å²) in [6, 6.07) is 40.3. The highest BCUT2D eigenvalue weighted by Crippen LogP contribution is 2.47. The van der Waals surface area contributed by atoms with Crippen LogP contribution in [0.4, 0.5) is 0 Å². The number of rotatable bonds is 3. The molecule has 7 aromatic rings. The van der Waals surface area contributed by atoms with Crippen LogP contribution in [0.5, 0.6) is 0 Å². The van der Waals surface area contributed by atoms with Gasteiger partial charge in [0.15, 0.2) is 5.82 Å². The molecule has 40 heavy (non-hydrogen) atoms. The van der Waals surface area contributed by atoms with Gasteiger partial charge in [-0.2, -0.15) is 0 Å². The summed E-state index contributed by atoms with van der Waals surface area (Å²) < 4.78 is 2.33. The molecule has 4 aromatic carbocycles. The van der Waals surface area contributed by atoms with Gasteiger partial charge in [0.1, 0.15) is 0 Å². The molecule has 1 aliphatic carbocycles. The van der Waals surface area contributed by atoms with Gasteiger partial charge in [-0.3, -0.25) is 4.98 Å². The minimum Gasteiger partial charge on any atom is -0.309 e. The summed E-state index contributed by atoms with van der Waals surface area (Å²) >= 11 is 0. The largest absolute Gasteiger partial charge is 0.309 e. The van der Waals surface area contributed by atoms with Gasteiger partial charge in [0, 0.05) is 44.9 Å². The van der Waals surface area contributed by atoms with E-state index < -0.39 is 0 Å². The smallest absolute Gasteiger partial charge is 0.159 e. The topological polar surface area (TPSA) is 43.6 Å². The highest BCUT2D eigenvalue weighted by molar-refractivity contribution is 6.10. The molecule has 0 amide bonds. The second-order valence-corrected chi connectivity index (χ2v) is 11.0. The van der Waals surface area contributed by atoms with E-state index in [4.69, 9.17) is 15.0 Å². The predicted molar refractivity (Wildman–Crippen MR) is 163 cm³/mol. The molecule has 0 saturated heterocycles. The van der Waals surface area contributed by atoms with Crippen LogP contribution in [0, 0.1) is 0 Å². The Hall–Kier alpha value is -5.09. The quantitative estimate of drug-likeness (QED) is 0.237. The molecule has 3 heterocycles. The SMILES string of the molecule is CC1(C)c2nc(-c3ccccc3)ccc2-c2cnc(-c3ccc4c5ccccc5n(-c5ccccc5)c4c3)nc21. The van der Waals surface area contributed by atoms with Crippen molar-refractivity contribution in [1.82, 2.24) is 19.5 Å². The van der Waals surface area contributed by atoms with Crippen LogP contribution < -0.4 is 0 Å². The summed E-state index contributed by atoms with van der Waals surface area (Å²) in [6.45, 7) is 4.43. The van der Waals surface area contributed by atoms with E-state index in [-0.39, 0.29) is 5.41 Å². The Labute approximate surface area is 232 Å². The Balaban J connectivity index is 1.28. The second kappa shape index (κ2) is 8.45. The molecule has 3 aromatic heterocycles. The van der Waals surface area contributed by atoms with Gasteiger partial charge in [-0.05, 0) is 44.2 Å². The fourth-order valence-corrected chi connectivity index (χ4v) is 6.19. The molecule has 0 saturated carbocycles. The molecule has 0 unspecified atom stereocenters. The Morgan fingerprint density at radius 3 is 2.10 bits per heavy atom. The van der Waals surface area contributed by atoms with Crippen molar-refractivity contribution in [3.63, 3.8) is 0 Å². The minimum atomic E-state index is -0.337. The first-order chi connectivity index (χ1) is 19.6. The van der Waals surface area contributed by atoms with E-state index in [0.29, 0.717) is 0 Å². The van der Waals surface area contributed by atoms with Crippen LogP contribution in [0.25, 0.3) is 61.3 Å². The van der Waals surface area contributed by atoms with Crippen molar-refractivity contribution in [2.75, 3.05) is 0 Å². The van der Waals surface area contributed by atoms with Gasteiger partial charge in [0.2, 0.25) is 0 Å². The van der Waals surface area contributed by atoms with Gasteiger partial charge >= 0.3 is 0 Å². The average Bonchev–Trinajstić information content (AvgIpc) is 3.46. The Bertz CT molecular complexity index is 2070. The second-order valence-electron chi connectivity index (χ2n) is 11.0. The van der Waals surface area contributed by atoms with E-state index >= 15 is 0 Å². The maximum Gasteiger partial charge on any atom is 0.159 e. The van der Waals surface area contributed by atoms with Crippen molar-refractivity contribution in [3.8, 4) is 39.5 Å². The van der Waals surface area contributed by atoms with Crippen molar-refractivity contribution in [3.05, 3.63) is 133 Å². The molecule has 0 bridgehead atoms. The number of nitrogens with zero attached hydrogens (tertiary/aromatic N) is 4. The number of benzene rings is 4. The Kier molecular flexibility index (Phi) is 4.83. The summed E-state index contributed by atoms with van der Waals surface area (Å²) in [5, 5.41) is 2.45. The van der Waals surface area contributed by atoms with Crippen LogP contribution in [0.1, 0.15) is 25.2 Å². The van der Waals surface area contributed by atoms with Gasteiger partial charge in [-0.25, -0.2) is 9.97 Å². The van der Waals surface area contributed by atoms with E-state index in [1.165, 1.54) is 16.3 Å². The molecule has 0 N–H and O–H groups in total. The zero-order chi connectivity index (χ0) is 26.8. The summed E-state index contributed by atoms with van der Waals surface area (Å²) in [5.74, 6) is 0.731. The van der Waals surface area contributed by atoms with Crippen LogP contribution in [-0.4, -0.2) is 19.5 Å². The molecule has 8 rings (SSSR count). The molecule has 4 nitrogen and oxygen atoms in total. The highest BCUT2D eigenvalue weighted by Gasteiger charge is 2.39. The van der Waals surface area contributed by atoms with Gasteiger partial charge in [-0.15, -0.1) is 0 Å². The third-order valence-corrected chi connectivity index (χ3v) is 8.17. The Morgan fingerprint density at radius 2 is 1.27 bits per heavy atom. The average molecular weight is 515 g/mol. The maximum absolute atomic E-state index is 5.20. The first kappa shape index (κ1) is 22.9. The van der Waals surface area contributed by atoms with Crippen LogP contribution in [-0.2, 0) is 5.41 Å². The van der Waals surface area contributed by atoms with Crippen LogP contribution in [0.15, 0.2) is 121 Å². The molecule has 0 fully saturated rings. The zero-order valence-corrected chi connectivity index (χ0v) is 22.3. The first-order valence-corrected chi connectivity index (χ1v) is 13.6. The van der Waals surface area contributed by atoms with E-state index in [2.05, 4.69) is 128 Å². The van der Waals surface area contributed by atoms with Crippen molar-refractivity contribution in [1.29, 1.82) is 0 Å². The summed E-state index contributed by atoms with van der Waals surface area (Å²) in [6.07, 6.45) is 1.98. The third-order valence-electron chi connectivity index (χ3n) is 8.17. The predicted octanol–water partition coefficient (Wildman–Crippen LogP) is 8.61. The molecule has 1 aliphatic rings. The van der Waals surface area contributed by atoms with Crippen LogP contribution in [0.2, 0.25) is 0 Å². The molecule has 190 valence electrons. The summed E-state index contributed by atoms with van der Waals surface area (Å²) in [7, 11) is 0. The number of para-hydroxylation sites is 2. The lowest BCUT2D eigenvalue weighted by Crippen LogP contribution is -2.19. The normalized spacial score (nSPS) is 13.4. The van der Waals surface area contributed by atoms with Crippen LogP contribution in [0.3, 0.4) is 0 Å². The molecule has 4 heteroatoms. The maximum atomic E-state index is 5.20. The van der Waals surface area contributed by atoms with Gasteiger partial charge < -0.3 is 4.57 Å². The lowest BCUT2D eigenvalue weighted by atomic mass is 9.88. The monoisotopic (exact) mass is 514 g/mol. The molecule has 0 spiro atoms. The number of pyridine rings is 1. The van der Waals surface area contributed by atoms with Crippen molar-refractivity contribution < 1.29 is 0 Å². The molecule has 0 radical (unpaired) electrons. The standard InChI is InChI=1S/C36H26N4/c1-36(2)33-28(19-20-30(38-33)23-11-5-3-6-12-23)29-22-37-35(39-34(29)36)24-17-18-27-26-15-9-10-16-31(26)40(32(27)21-24)25-13-7-4-8-14-25/h3-22H,1-2H3. The fourth-order valence-electron chi connectivity index (χ4n) is 6.19. The highest BCUT2D eigenvalue weighted by atomic mass is 15.0. The molecular formula is C36H26N4. The third kappa shape index (κ3) is 3.29. The number of fused-ring (bicyclic) bond motifs is 6. The van der Waals surface area contributed by atoms with E-state index in [0.717, 1.165) is 56.4 Å². The van der Waals surface area contributed by atoms with E-state index in [9.17, 15) is 0 Å². The summed E-state index contributed by atoms with van der Waals surface area (Å²) in [5.41, 5.74) is 10.5. The molecule has 0 atom stereocenters. The minimum absolute atomic E-state index is 0.337. The number of hydrogen-bond donors (Lipinski definition) is 0. The molecular weight excluding hydrogens is 488 g/mol. The number of aromatic nitrogens is 4. The zero-order valence-electron chi connectivity index (χ0n) is 22.3. The Morgan fingerprint density at radius 1 is 0.575 bits per heavy atom. The lowest BCUT2D eigenvalue weighted by molar-refractivity contribution is 0.616. The number of hydrogen-bond acceptors (Lipinski definition) is 3. The van der Waals surface area contributed by atoms with Crippen molar-refractivity contribution in [2.45, 2.75) is 19.3 Å². The fraction of sp³-hybridized carbons (Fsp3) is 0.0833.